The van der Waals surface area contributed by atoms with E-state index in [9.17, 15) is 19.2 Å². The molecule has 4 atom stereocenters. The maximum absolute atomic E-state index is 12.9. The standard InChI is InChI=1S/C22H31N5O6S2/c1-35-7-6-16(20(30)27-18(11-34)21(31)26-17(10-28)22(32)33)25-19(29)14(23)8-12-9-24-15-5-3-2-4-13(12)15/h2-5,9,14,16-18,24,28,34H,6-8,10-11,23H2,1H3,(H,25,29)(H,26,31)(H,27,30)(H,32,33). The number of carbonyl (C=O) groups excluding carboxylic acids is 3. The van der Waals surface area contributed by atoms with Crippen molar-refractivity contribution in [2.45, 2.75) is 37.0 Å². The normalized spacial score (nSPS) is 14.5. The number of para-hydroxylation sites is 1. The molecule has 0 saturated heterocycles. The van der Waals surface area contributed by atoms with Gasteiger partial charge in [-0.15, -0.1) is 0 Å². The first-order chi connectivity index (χ1) is 16.7. The van der Waals surface area contributed by atoms with Crippen LogP contribution in [0.2, 0.25) is 0 Å². The van der Waals surface area contributed by atoms with Crippen molar-refractivity contribution in [3.8, 4) is 0 Å². The number of hydrogen-bond donors (Lipinski definition) is 8. The third-order valence-corrected chi connectivity index (χ3v) is 6.32. The van der Waals surface area contributed by atoms with Crippen LogP contribution in [0.3, 0.4) is 0 Å². The molecule has 2 rings (SSSR count). The molecule has 1 aromatic heterocycles. The highest BCUT2D eigenvalue weighted by Crippen LogP contribution is 2.18. The number of aromatic nitrogens is 1. The quantitative estimate of drug-likeness (QED) is 0.148. The van der Waals surface area contributed by atoms with Crippen molar-refractivity contribution in [3.63, 3.8) is 0 Å². The van der Waals surface area contributed by atoms with Crippen molar-refractivity contribution in [3.05, 3.63) is 36.0 Å². The van der Waals surface area contributed by atoms with E-state index < -0.39 is 54.5 Å². The number of benzene rings is 1. The SMILES string of the molecule is CSCCC(NC(=O)C(N)Cc1c[nH]c2ccccc12)C(=O)NC(CS)C(=O)NC(CO)C(=O)O. The van der Waals surface area contributed by atoms with Gasteiger partial charge in [-0.3, -0.25) is 14.4 Å². The van der Waals surface area contributed by atoms with Gasteiger partial charge in [-0.05, 0) is 36.5 Å². The van der Waals surface area contributed by atoms with Gasteiger partial charge in [0.05, 0.1) is 12.6 Å². The van der Waals surface area contributed by atoms with Crippen molar-refractivity contribution >= 4 is 59.0 Å². The summed E-state index contributed by atoms with van der Waals surface area (Å²) in [6.45, 7) is -0.810. The van der Waals surface area contributed by atoms with E-state index >= 15 is 0 Å². The number of thioether (sulfide) groups is 1. The molecule has 35 heavy (non-hydrogen) atoms. The molecule has 0 aliphatic carbocycles. The van der Waals surface area contributed by atoms with E-state index in [0.29, 0.717) is 5.75 Å². The molecule has 0 radical (unpaired) electrons. The Morgan fingerprint density at radius 1 is 1.06 bits per heavy atom. The number of carboxylic acid groups (broad SMARTS) is 1. The predicted octanol–water partition coefficient (Wildman–Crippen LogP) is -0.748. The molecular weight excluding hydrogens is 494 g/mol. The molecule has 4 unspecified atom stereocenters. The van der Waals surface area contributed by atoms with Gasteiger partial charge in [-0.25, -0.2) is 4.79 Å². The minimum Gasteiger partial charge on any atom is -0.480 e. The molecular formula is C22H31N5O6S2. The first-order valence-electron chi connectivity index (χ1n) is 10.9. The van der Waals surface area contributed by atoms with E-state index in [1.165, 1.54) is 11.8 Å². The maximum atomic E-state index is 12.9. The number of aliphatic carboxylic acids is 1. The molecule has 192 valence electrons. The Labute approximate surface area is 212 Å². The summed E-state index contributed by atoms with van der Waals surface area (Å²) < 4.78 is 0. The fourth-order valence-corrected chi connectivity index (χ4v) is 4.07. The summed E-state index contributed by atoms with van der Waals surface area (Å²) in [5.74, 6) is -2.95. The topological polar surface area (TPSA) is 187 Å². The molecule has 0 fully saturated rings. The summed E-state index contributed by atoms with van der Waals surface area (Å²) >= 11 is 5.53. The summed E-state index contributed by atoms with van der Waals surface area (Å²) in [4.78, 5) is 52.3. The predicted molar refractivity (Wildman–Crippen MR) is 137 cm³/mol. The zero-order valence-corrected chi connectivity index (χ0v) is 20.9. The first-order valence-corrected chi connectivity index (χ1v) is 12.9. The van der Waals surface area contributed by atoms with Crippen LogP contribution in [0.15, 0.2) is 30.5 Å². The Morgan fingerprint density at radius 3 is 2.31 bits per heavy atom. The average Bonchev–Trinajstić information content (AvgIpc) is 3.25. The molecule has 1 aromatic carbocycles. The Morgan fingerprint density at radius 2 is 1.69 bits per heavy atom. The minimum absolute atomic E-state index is 0.126. The highest BCUT2D eigenvalue weighted by molar-refractivity contribution is 7.98. The van der Waals surface area contributed by atoms with Crippen LogP contribution < -0.4 is 21.7 Å². The number of thiol groups is 1. The second kappa shape index (κ2) is 14.0. The fourth-order valence-electron chi connectivity index (χ4n) is 3.34. The van der Waals surface area contributed by atoms with Gasteiger partial charge >= 0.3 is 5.97 Å². The molecule has 0 saturated carbocycles. The Bertz CT molecular complexity index is 1030. The molecule has 0 aliphatic heterocycles. The number of carboxylic acids is 1. The van der Waals surface area contributed by atoms with E-state index in [1.54, 1.807) is 6.20 Å². The smallest absolute Gasteiger partial charge is 0.328 e. The summed E-state index contributed by atoms with van der Waals surface area (Å²) in [6, 6.07) is 3.06. The molecule has 0 bridgehead atoms. The Hall–Kier alpha value is -2.74. The zero-order valence-electron chi connectivity index (χ0n) is 19.2. The first kappa shape index (κ1) is 28.5. The molecule has 13 heteroatoms. The van der Waals surface area contributed by atoms with E-state index in [2.05, 4.69) is 33.6 Å². The number of nitrogens with two attached hydrogens (primary N) is 1. The molecule has 8 N–H and O–H groups in total. The second-order valence-corrected chi connectivity index (χ2v) is 9.19. The summed E-state index contributed by atoms with van der Waals surface area (Å²) in [7, 11) is 0. The fraction of sp³-hybridized carbons (Fsp3) is 0.455. The van der Waals surface area contributed by atoms with Gasteiger partial charge < -0.3 is 36.9 Å². The van der Waals surface area contributed by atoms with Crippen molar-refractivity contribution in [1.29, 1.82) is 0 Å². The lowest BCUT2D eigenvalue weighted by Crippen LogP contribution is -2.58. The number of amides is 3. The van der Waals surface area contributed by atoms with Crippen LogP contribution in [0.25, 0.3) is 10.9 Å². The zero-order chi connectivity index (χ0) is 26.0. The van der Waals surface area contributed by atoms with Gasteiger partial charge in [-0.1, -0.05) is 18.2 Å². The lowest BCUT2D eigenvalue weighted by atomic mass is 10.0. The van der Waals surface area contributed by atoms with Gasteiger partial charge in [0.25, 0.3) is 0 Å². The van der Waals surface area contributed by atoms with Crippen molar-refractivity contribution < 1.29 is 29.4 Å². The highest BCUT2D eigenvalue weighted by Gasteiger charge is 2.29. The monoisotopic (exact) mass is 525 g/mol. The molecule has 0 aliphatic rings. The van der Waals surface area contributed by atoms with Crippen LogP contribution >= 0.6 is 24.4 Å². The summed E-state index contributed by atoms with van der Waals surface area (Å²) in [5, 5.41) is 26.3. The lowest BCUT2D eigenvalue weighted by molar-refractivity contribution is -0.143. The van der Waals surface area contributed by atoms with Gasteiger partial charge in [0, 0.05) is 22.9 Å². The molecule has 0 spiro atoms. The number of aliphatic hydroxyl groups excluding tert-OH is 1. The largest absolute Gasteiger partial charge is 0.480 e. The molecule has 3 amide bonds. The van der Waals surface area contributed by atoms with Crippen LogP contribution in [-0.4, -0.2) is 87.4 Å². The average molecular weight is 526 g/mol. The number of carbonyl (C=O) groups is 4. The number of nitrogens with one attached hydrogen (secondary N) is 4. The van der Waals surface area contributed by atoms with Crippen LogP contribution in [0.1, 0.15) is 12.0 Å². The number of fused-ring (bicyclic) bond motifs is 1. The molecule has 2 aromatic rings. The van der Waals surface area contributed by atoms with Gasteiger partial charge in [-0.2, -0.15) is 24.4 Å². The van der Waals surface area contributed by atoms with E-state index in [0.717, 1.165) is 16.5 Å². The second-order valence-electron chi connectivity index (χ2n) is 7.84. The minimum atomic E-state index is -1.52. The maximum Gasteiger partial charge on any atom is 0.328 e. The lowest BCUT2D eigenvalue weighted by Gasteiger charge is -2.24. The Kier molecular flexibility index (Phi) is 11.4. The van der Waals surface area contributed by atoms with Crippen molar-refractivity contribution in [1.82, 2.24) is 20.9 Å². The number of aromatic amines is 1. The van der Waals surface area contributed by atoms with Crippen LogP contribution in [-0.2, 0) is 25.6 Å². The summed E-state index contributed by atoms with van der Waals surface area (Å²) in [6.07, 6.45) is 4.19. The number of H-pyrrole nitrogens is 1. The van der Waals surface area contributed by atoms with Gasteiger partial charge in [0.1, 0.15) is 18.1 Å². The van der Waals surface area contributed by atoms with Crippen molar-refractivity contribution in [2.75, 3.05) is 24.4 Å². The van der Waals surface area contributed by atoms with Gasteiger partial charge in [0.15, 0.2) is 0 Å². The third kappa shape index (κ3) is 8.16. The summed E-state index contributed by atoms with van der Waals surface area (Å²) in [5.41, 5.74) is 7.93. The van der Waals surface area contributed by atoms with Crippen LogP contribution in [0, 0.1) is 0 Å². The van der Waals surface area contributed by atoms with Gasteiger partial charge in [0.2, 0.25) is 17.7 Å². The number of rotatable bonds is 14. The molecule has 1 heterocycles. The number of hydrogen-bond acceptors (Lipinski definition) is 8. The van der Waals surface area contributed by atoms with E-state index in [-0.39, 0.29) is 18.6 Å². The van der Waals surface area contributed by atoms with E-state index in [1.807, 2.05) is 30.5 Å². The van der Waals surface area contributed by atoms with E-state index in [4.69, 9.17) is 15.9 Å². The Balaban J connectivity index is 2.04. The van der Waals surface area contributed by atoms with Crippen molar-refractivity contribution in [2.24, 2.45) is 5.73 Å². The number of aliphatic hydroxyl groups is 1. The van der Waals surface area contributed by atoms with Crippen LogP contribution in [0.5, 0.6) is 0 Å². The highest BCUT2D eigenvalue weighted by atomic mass is 32.2. The third-order valence-electron chi connectivity index (χ3n) is 5.31. The molecule has 11 nitrogen and oxygen atoms in total. The van der Waals surface area contributed by atoms with Crippen LogP contribution in [0.4, 0.5) is 0 Å².